The molecule has 0 amide bonds. The van der Waals surface area contributed by atoms with Crippen molar-refractivity contribution in [1.29, 1.82) is 0 Å². The van der Waals surface area contributed by atoms with Crippen molar-refractivity contribution in [1.82, 2.24) is 5.32 Å². The van der Waals surface area contributed by atoms with E-state index in [4.69, 9.17) is 9.47 Å². The average Bonchev–Trinajstić information content (AvgIpc) is 2.69. The molecule has 1 N–H and O–H groups in total. The van der Waals surface area contributed by atoms with Gasteiger partial charge in [-0.3, -0.25) is 0 Å². The molecule has 1 atom stereocenters. The number of rotatable bonds is 9. The molecule has 0 bridgehead atoms. The SMILES string of the molecule is COCCOCCNC(C)Cc1ccc(C)s1. The highest BCUT2D eigenvalue weighted by Crippen LogP contribution is 2.16. The third-order valence-corrected chi connectivity index (χ3v) is 3.50. The molecular formula is C13H23NO2S. The Hall–Kier alpha value is -0.420. The number of aryl methyl sites for hydroxylation is 1. The lowest BCUT2D eigenvalue weighted by atomic mass is 10.2. The van der Waals surface area contributed by atoms with Crippen molar-refractivity contribution in [3.63, 3.8) is 0 Å². The Morgan fingerprint density at radius 2 is 2.12 bits per heavy atom. The first-order valence-corrected chi connectivity index (χ1v) is 6.89. The van der Waals surface area contributed by atoms with Crippen LogP contribution in [0, 0.1) is 6.92 Å². The molecule has 0 aliphatic rings. The number of ether oxygens (including phenoxy) is 2. The molecule has 1 aromatic rings. The van der Waals surface area contributed by atoms with E-state index in [1.54, 1.807) is 7.11 Å². The molecule has 0 spiro atoms. The second kappa shape index (κ2) is 8.64. The molecule has 98 valence electrons. The number of nitrogens with one attached hydrogen (secondary N) is 1. The van der Waals surface area contributed by atoms with Gasteiger partial charge in [0.15, 0.2) is 0 Å². The van der Waals surface area contributed by atoms with Crippen LogP contribution in [0.25, 0.3) is 0 Å². The fourth-order valence-corrected chi connectivity index (χ4v) is 2.61. The first kappa shape index (κ1) is 14.6. The van der Waals surface area contributed by atoms with Crippen LogP contribution in [-0.2, 0) is 15.9 Å². The summed E-state index contributed by atoms with van der Waals surface area (Å²) >= 11 is 1.88. The van der Waals surface area contributed by atoms with Crippen LogP contribution in [0.4, 0.5) is 0 Å². The maximum absolute atomic E-state index is 5.39. The van der Waals surface area contributed by atoms with Gasteiger partial charge in [-0.1, -0.05) is 0 Å². The van der Waals surface area contributed by atoms with Crippen molar-refractivity contribution in [2.24, 2.45) is 0 Å². The zero-order chi connectivity index (χ0) is 12.5. The van der Waals surface area contributed by atoms with Crippen LogP contribution in [-0.4, -0.2) is 39.5 Å². The van der Waals surface area contributed by atoms with E-state index >= 15 is 0 Å². The van der Waals surface area contributed by atoms with E-state index in [0.717, 1.165) is 19.6 Å². The van der Waals surface area contributed by atoms with Gasteiger partial charge in [0, 0.05) is 29.5 Å². The van der Waals surface area contributed by atoms with Crippen molar-refractivity contribution >= 4 is 11.3 Å². The third-order valence-electron chi connectivity index (χ3n) is 2.47. The van der Waals surface area contributed by atoms with Gasteiger partial charge in [-0.25, -0.2) is 0 Å². The lowest BCUT2D eigenvalue weighted by Gasteiger charge is -2.12. The lowest BCUT2D eigenvalue weighted by molar-refractivity contribution is 0.0712. The highest BCUT2D eigenvalue weighted by molar-refractivity contribution is 7.11. The number of hydrogen-bond acceptors (Lipinski definition) is 4. The summed E-state index contributed by atoms with van der Waals surface area (Å²) in [5.41, 5.74) is 0. The fraction of sp³-hybridized carbons (Fsp3) is 0.692. The summed E-state index contributed by atoms with van der Waals surface area (Å²) in [7, 11) is 1.69. The van der Waals surface area contributed by atoms with Crippen LogP contribution in [0.2, 0.25) is 0 Å². The molecule has 1 rings (SSSR count). The third kappa shape index (κ3) is 6.78. The Kier molecular flexibility index (Phi) is 7.44. The molecule has 0 fully saturated rings. The van der Waals surface area contributed by atoms with Crippen molar-refractivity contribution in [3.05, 3.63) is 21.9 Å². The summed E-state index contributed by atoms with van der Waals surface area (Å²) in [6.07, 6.45) is 1.09. The average molecular weight is 257 g/mol. The summed E-state index contributed by atoms with van der Waals surface area (Å²) in [6, 6.07) is 4.90. The van der Waals surface area contributed by atoms with Gasteiger partial charge in [0.05, 0.1) is 19.8 Å². The molecule has 0 aliphatic heterocycles. The molecule has 0 saturated carbocycles. The van der Waals surface area contributed by atoms with Crippen LogP contribution in [0.15, 0.2) is 12.1 Å². The molecule has 0 aliphatic carbocycles. The van der Waals surface area contributed by atoms with Gasteiger partial charge in [-0.05, 0) is 32.4 Å². The minimum atomic E-state index is 0.499. The Balaban J connectivity index is 2.03. The van der Waals surface area contributed by atoms with Crippen molar-refractivity contribution in [2.75, 3.05) is 33.5 Å². The van der Waals surface area contributed by atoms with E-state index in [1.165, 1.54) is 9.75 Å². The normalized spacial score (nSPS) is 12.9. The van der Waals surface area contributed by atoms with Gasteiger partial charge >= 0.3 is 0 Å². The summed E-state index contributed by atoms with van der Waals surface area (Å²) < 4.78 is 10.3. The van der Waals surface area contributed by atoms with Gasteiger partial charge < -0.3 is 14.8 Å². The zero-order valence-corrected chi connectivity index (χ0v) is 11.8. The predicted molar refractivity (Wildman–Crippen MR) is 72.9 cm³/mol. The topological polar surface area (TPSA) is 30.5 Å². The molecule has 3 nitrogen and oxygen atoms in total. The molecule has 1 unspecified atom stereocenters. The summed E-state index contributed by atoms with van der Waals surface area (Å²) in [5, 5.41) is 3.46. The Morgan fingerprint density at radius 1 is 1.29 bits per heavy atom. The quantitative estimate of drug-likeness (QED) is 0.688. The largest absolute Gasteiger partial charge is 0.382 e. The van der Waals surface area contributed by atoms with Gasteiger partial charge in [0.25, 0.3) is 0 Å². The predicted octanol–water partition coefficient (Wildman–Crippen LogP) is 2.24. The van der Waals surface area contributed by atoms with Crippen LogP contribution in [0.3, 0.4) is 0 Å². The van der Waals surface area contributed by atoms with Crippen molar-refractivity contribution in [3.8, 4) is 0 Å². The molecule has 0 radical (unpaired) electrons. The Bertz CT molecular complexity index is 301. The molecular weight excluding hydrogens is 234 g/mol. The molecule has 17 heavy (non-hydrogen) atoms. The molecule has 4 heteroatoms. The van der Waals surface area contributed by atoms with Gasteiger partial charge in [-0.15, -0.1) is 11.3 Å². The molecule has 0 aromatic carbocycles. The van der Waals surface area contributed by atoms with Gasteiger partial charge in [0.2, 0.25) is 0 Å². The van der Waals surface area contributed by atoms with E-state index in [1.807, 2.05) is 11.3 Å². The monoisotopic (exact) mass is 257 g/mol. The second-order valence-electron chi connectivity index (χ2n) is 4.18. The zero-order valence-electron chi connectivity index (χ0n) is 11.0. The van der Waals surface area contributed by atoms with Crippen LogP contribution < -0.4 is 5.32 Å². The Morgan fingerprint density at radius 3 is 2.76 bits per heavy atom. The maximum atomic E-state index is 5.39. The van der Waals surface area contributed by atoms with Crippen LogP contribution in [0.5, 0.6) is 0 Å². The van der Waals surface area contributed by atoms with Crippen LogP contribution >= 0.6 is 11.3 Å². The lowest BCUT2D eigenvalue weighted by Crippen LogP contribution is -2.31. The number of methoxy groups -OCH3 is 1. The van der Waals surface area contributed by atoms with Gasteiger partial charge in [0.1, 0.15) is 0 Å². The number of thiophene rings is 1. The van der Waals surface area contributed by atoms with Crippen molar-refractivity contribution < 1.29 is 9.47 Å². The van der Waals surface area contributed by atoms with E-state index < -0.39 is 0 Å². The van der Waals surface area contributed by atoms with Crippen LogP contribution in [0.1, 0.15) is 16.7 Å². The first-order chi connectivity index (χ1) is 8.22. The first-order valence-electron chi connectivity index (χ1n) is 6.07. The van der Waals surface area contributed by atoms with E-state index in [-0.39, 0.29) is 0 Å². The summed E-state index contributed by atoms with van der Waals surface area (Å²) in [4.78, 5) is 2.83. The second-order valence-corrected chi connectivity index (χ2v) is 5.55. The van der Waals surface area contributed by atoms with Gasteiger partial charge in [-0.2, -0.15) is 0 Å². The maximum Gasteiger partial charge on any atom is 0.0700 e. The Labute approximate surface area is 108 Å². The van der Waals surface area contributed by atoms with E-state index in [2.05, 4.69) is 31.3 Å². The fourth-order valence-electron chi connectivity index (χ4n) is 1.59. The summed E-state index contributed by atoms with van der Waals surface area (Å²) in [5.74, 6) is 0. The summed E-state index contributed by atoms with van der Waals surface area (Å²) in [6.45, 7) is 7.35. The molecule has 0 saturated heterocycles. The smallest absolute Gasteiger partial charge is 0.0700 e. The van der Waals surface area contributed by atoms with E-state index in [9.17, 15) is 0 Å². The van der Waals surface area contributed by atoms with Crippen molar-refractivity contribution in [2.45, 2.75) is 26.3 Å². The highest BCUT2D eigenvalue weighted by Gasteiger charge is 2.04. The minimum absolute atomic E-state index is 0.499. The van der Waals surface area contributed by atoms with E-state index in [0.29, 0.717) is 19.3 Å². The highest BCUT2D eigenvalue weighted by atomic mass is 32.1. The standard InChI is InChI=1S/C13H23NO2S/c1-11(10-13-5-4-12(2)17-13)14-6-7-16-9-8-15-3/h4-5,11,14H,6-10H2,1-3H3. The molecule has 1 aromatic heterocycles. The minimum Gasteiger partial charge on any atom is -0.382 e. The number of hydrogen-bond donors (Lipinski definition) is 1. The molecule has 1 heterocycles.